The van der Waals surface area contributed by atoms with Crippen molar-refractivity contribution >= 4 is 17.2 Å². The van der Waals surface area contributed by atoms with Gasteiger partial charge in [0.2, 0.25) is 0 Å². The summed E-state index contributed by atoms with van der Waals surface area (Å²) in [6, 6.07) is 0. The van der Waals surface area contributed by atoms with E-state index in [-0.39, 0.29) is 25.0 Å². The predicted octanol–water partition coefficient (Wildman–Crippen LogP) is 0.641. The quantitative estimate of drug-likeness (QED) is 0.695. The number of carbonyl (C=O) groups is 1. The van der Waals surface area contributed by atoms with Crippen molar-refractivity contribution in [3.8, 4) is 0 Å². The van der Waals surface area contributed by atoms with E-state index in [1.165, 1.54) is 20.6 Å². The van der Waals surface area contributed by atoms with Crippen LogP contribution in [0.2, 0.25) is 0 Å². The van der Waals surface area contributed by atoms with E-state index in [4.69, 9.17) is 4.74 Å². The molecule has 0 aromatic carbocycles. The van der Waals surface area contributed by atoms with Crippen LogP contribution in [-0.2, 0) is 24.4 Å². The zero-order chi connectivity index (χ0) is 20.1. The van der Waals surface area contributed by atoms with Crippen molar-refractivity contribution in [1.82, 2.24) is 24.2 Å². The van der Waals surface area contributed by atoms with Crippen LogP contribution >= 0.6 is 11.3 Å². The summed E-state index contributed by atoms with van der Waals surface area (Å²) in [5.41, 5.74) is -1.42. The SMILES string of the molecule is Cc1nc(C(=O)N2CC[C@]3(C2)Cn2c(nn(CC(C)C)c(=O)c2=O)CO3)cs1. The zero-order valence-corrected chi connectivity index (χ0v) is 17.0. The highest BCUT2D eigenvalue weighted by Crippen LogP contribution is 2.32. The molecule has 4 rings (SSSR count). The van der Waals surface area contributed by atoms with E-state index in [0.717, 1.165) is 5.01 Å². The number of aryl methyl sites for hydroxylation is 1. The molecule has 2 aromatic heterocycles. The van der Waals surface area contributed by atoms with Crippen LogP contribution in [0.15, 0.2) is 15.0 Å². The molecule has 28 heavy (non-hydrogen) atoms. The Morgan fingerprint density at radius 3 is 2.79 bits per heavy atom. The molecule has 0 bridgehead atoms. The third-order valence-electron chi connectivity index (χ3n) is 5.14. The molecular formula is C18H23N5O4S. The van der Waals surface area contributed by atoms with Crippen LogP contribution in [0.3, 0.4) is 0 Å². The Balaban J connectivity index is 1.57. The van der Waals surface area contributed by atoms with Gasteiger partial charge in [0.25, 0.3) is 5.91 Å². The number of amides is 1. The summed E-state index contributed by atoms with van der Waals surface area (Å²) >= 11 is 1.44. The number of rotatable bonds is 3. The molecule has 1 amide bonds. The molecule has 1 saturated heterocycles. The topological polar surface area (TPSA) is 99.3 Å². The highest BCUT2D eigenvalue weighted by molar-refractivity contribution is 7.09. The van der Waals surface area contributed by atoms with E-state index in [1.807, 2.05) is 20.8 Å². The fourth-order valence-electron chi connectivity index (χ4n) is 3.76. The van der Waals surface area contributed by atoms with Crippen molar-refractivity contribution in [2.24, 2.45) is 5.92 Å². The summed E-state index contributed by atoms with van der Waals surface area (Å²) in [6.45, 7) is 7.44. The third kappa shape index (κ3) is 3.30. The van der Waals surface area contributed by atoms with Crippen molar-refractivity contribution in [1.29, 1.82) is 0 Å². The summed E-state index contributed by atoms with van der Waals surface area (Å²) in [5, 5.41) is 6.92. The molecule has 2 aliphatic rings. The normalized spacial score (nSPS) is 21.5. The molecule has 0 radical (unpaired) electrons. The Bertz CT molecular complexity index is 1040. The van der Waals surface area contributed by atoms with Crippen LogP contribution in [0.4, 0.5) is 0 Å². The van der Waals surface area contributed by atoms with Crippen LogP contribution in [-0.4, -0.2) is 48.8 Å². The van der Waals surface area contributed by atoms with E-state index >= 15 is 0 Å². The zero-order valence-electron chi connectivity index (χ0n) is 16.2. The smallest absolute Gasteiger partial charge is 0.332 e. The average molecular weight is 405 g/mol. The van der Waals surface area contributed by atoms with Crippen molar-refractivity contribution in [2.45, 2.75) is 52.5 Å². The first kappa shape index (κ1) is 19.0. The highest BCUT2D eigenvalue weighted by Gasteiger charge is 2.45. The van der Waals surface area contributed by atoms with Gasteiger partial charge in [0.05, 0.1) is 18.1 Å². The van der Waals surface area contributed by atoms with Gasteiger partial charge >= 0.3 is 11.1 Å². The second-order valence-corrected chi connectivity index (χ2v) is 8.95. The Morgan fingerprint density at radius 2 is 2.11 bits per heavy atom. The van der Waals surface area contributed by atoms with Crippen molar-refractivity contribution in [3.63, 3.8) is 0 Å². The van der Waals surface area contributed by atoms with Gasteiger partial charge in [-0.25, -0.2) is 9.67 Å². The molecule has 4 heterocycles. The van der Waals surface area contributed by atoms with E-state index in [1.54, 1.807) is 10.3 Å². The second-order valence-electron chi connectivity index (χ2n) is 7.89. The molecule has 0 saturated carbocycles. The van der Waals surface area contributed by atoms with Crippen molar-refractivity contribution in [2.75, 3.05) is 13.1 Å². The number of ether oxygens (including phenoxy) is 1. The number of fused-ring (bicyclic) bond motifs is 1. The number of carbonyl (C=O) groups excluding carboxylic acids is 1. The summed E-state index contributed by atoms with van der Waals surface area (Å²) in [7, 11) is 0. The summed E-state index contributed by atoms with van der Waals surface area (Å²) < 4.78 is 8.73. The molecule has 0 unspecified atom stereocenters. The van der Waals surface area contributed by atoms with Gasteiger partial charge in [0, 0.05) is 18.5 Å². The van der Waals surface area contributed by atoms with Gasteiger partial charge in [0.15, 0.2) is 5.82 Å². The van der Waals surface area contributed by atoms with Crippen LogP contribution in [0.5, 0.6) is 0 Å². The van der Waals surface area contributed by atoms with E-state index in [2.05, 4.69) is 10.1 Å². The van der Waals surface area contributed by atoms with Crippen molar-refractivity contribution < 1.29 is 9.53 Å². The molecule has 2 aliphatic heterocycles. The van der Waals surface area contributed by atoms with Crippen LogP contribution in [0.1, 0.15) is 41.6 Å². The highest BCUT2D eigenvalue weighted by atomic mass is 32.1. The largest absolute Gasteiger partial charge is 0.363 e. The summed E-state index contributed by atoms with van der Waals surface area (Å²) in [6.07, 6.45) is 0.600. The fraction of sp³-hybridized carbons (Fsp3) is 0.611. The van der Waals surface area contributed by atoms with E-state index in [0.29, 0.717) is 37.6 Å². The van der Waals surface area contributed by atoms with Crippen molar-refractivity contribution in [3.05, 3.63) is 42.6 Å². The van der Waals surface area contributed by atoms with Gasteiger partial charge < -0.3 is 9.64 Å². The molecule has 9 nitrogen and oxygen atoms in total. The van der Waals surface area contributed by atoms with E-state index < -0.39 is 16.7 Å². The standard InChI is InChI=1S/C18H23N5O4S/c1-11(2)6-23-17(26)16(25)22-10-18(27-7-14(22)20-23)4-5-21(9-18)15(24)13-8-28-12(3)19-13/h8,11H,4-7,9-10H2,1-3H3/t18-/m0/s1. The van der Waals surface area contributed by atoms with E-state index in [9.17, 15) is 14.4 Å². The molecule has 1 fully saturated rings. The maximum absolute atomic E-state index is 12.7. The molecule has 0 N–H and O–H groups in total. The number of nitrogens with zero attached hydrogens (tertiary/aromatic N) is 5. The maximum Gasteiger partial charge on any atom is 0.332 e. The Labute approximate surface area is 165 Å². The van der Waals surface area contributed by atoms with Crippen LogP contribution in [0, 0.1) is 12.8 Å². The Hall–Kier alpha value is -2.33. The maximum atomic E-state index is 12.7. The monoisotopic (exact) mass is 405 g/mol. The minimum absolute atomic E-state index is 0.131. The molecule has 150 valence electrons. The lowest BCUT2D eigenvalue weighted by molar-refractivity contribution is -0.0843. The average Bonchev–Trinajstić information content (AvgIpc) is 3.26. The molecule has 1 atom stereocenters. The predicted molar refractivity (Wildman–Crippen MR) is 102 cm³/mol. The molecule has 10 heteroatoms. The van der Waals surface area contributed by atoms with Gasteiger partial charge in [-0.15, -0.1) is 11.3 Å². The Kier molecular flexibility index (Phi) is 4.70. The number of aromatic nitrogens is 4. The fourth-order valence-corrected chi connectivity index (χ4v) is 4.35. The van der Waals surface area contributed by atoms with Gasteiger partial charge in [-0.05, 0) is 19.3 Å². The molecule has 0 aliphatic carbocycles. The number of hydrogen-bond donors (Lipinski definition) is 0. The number of hydrogen-bond acceptors (Lipinski definition) is 7. The van der Waals surface area contributed by atoms with Gasteiger partial charge in [-0.3, -0.25) is 19.0 Å². The first-order valence-corrected chi connectivity index (χ1v) is 10.2. The lowest BCUT2D eigenvalue weighted by Crippen LogP contribution is -2.53. The number of thiazole rings is 1. The van der Waals surface area contributed by atoms with Gasteiger partial charge in [-0.2, -0.15) is 5.10 Å². The molecule has 1 spiro atoms. The Morgan fingerprint density at radius 1 is 1.32 bits per heavy atom. The molecule has 2 aromatic rings. The third-order valence-corrected chi connectivity index (χ3v) is 5.92. The lowest BCUT2D eigenvalue weighted by atomic mass is 10.0. The molecular weight excluding hydrogens is 382 g/mol. The minimum Gasteiger partial charge on any atom is -0.363 e. The van der Waals surface area contributed by atoms with Gasteiger partial charge in [0.1, 0.15) is 17.9 Å². The lowest BCUT2D eigenvalue weighted by Gasteiger charge is -2.35. The number of likely N-dealkylation sites (tertiary alicyclic amines) is 1. The first-order chi connectivity index (χ1) is 13.3. The first-order valence-electron chi connectivity index (χ1n) is 9.34. The second kappa shape index (κ2) is 6.93. The summed E-state index contributed by atoms with van der Waals surface area (Å²) in [4.78, 5) is 43.7. The van der Waals surface area contributed by atoms with Crippen LogP contribution in [0.25, 0.3) is 0 Å². The van der Waals surface area contributed by atoms with Crippen LogP contribution < -0.4 is 11.1 Å². The summed E-state index contributed by atoms with van der Waals surface area (Å²) in [5.74, 6) is 0.525. The minimum atomic E-state index is -0.671. The van der Waals surface area contributed by atoms with Gasteiger partial charge in [-0.1, -0.05) is 13.8 Å².